The maximum atomic E-state index is 13.1. The largest absolute Gasteiger partial charge is 0.493 e. The lowest BCUT2D eigenvalue weighted by Crippen LogP contribution is -2.03. The van der Waals surface area contributed by atoms with E-state index in [2.05, 4.69) is 0 Å². The van der Waals surface area contributed by atoms with Crippen molar-refractivity contribution in [3.8, 4) is 5.75 Å². The Kier molecular flexibility index (Phi) is 4.42. The van der Waals surface area contributed by atoms with Gasteiger partial charge in [0.25, 0.3) is 0 Å². The Labute approximate surface area is 91.2 Å². The summed E-state index contributed by atoms with van der Waals surface area (Å²) in [5.41, 5.74) is -0.341. The van der Waals surface area contributed by atoms with Crippen molar-refractivity contribution in [2.45, 2.75) is 0 Å². The van der Waals surface area contributed by atoms with Crippen molar-refractivity contribution in [2.24, 2.45) is 0 Å². The summed E-state index contributed by atoms with van der Waals surface area (Å²) >= 11 is 1.62. The fourth-order valence-electron chi connectivity index (χ4n) is 1.00. The molecular formula is C10H11FO3S. The van der Waals surface area contributed by atoms with Crippen LogP contribution in [0.5, 0.6) is 5.75 Å². The fourth-order valence-corrected chi connectivity index (χ4v) is 1.25. The second-order valence-corrected chi connectivity index (χ2v) is 3.77. The molecule has 0 heterocycles. The van der Waals surface area contributed by atoms with Crippen molar-refractivity contribution in [1.29, 1.82) is 0 Å². The van der Waals surface area contributed by atoms with Crippen LogP contribution in [0.15, 0.2) is 18.2 Å². The fraction of sp³-hybridized carbons (Fsp3) is 0.300. The van der Waals surface area contributed by atoms with E-state index in [1.807, 2.05) is 6.26 Å². The highest BCUT2D eigenvalue weighted by atomic mass is 32.2. The standard InChI is InChI=1S/C10H11FO3S/c1-15-5-4-14-7-2-3-8(10(12)13)9(11)6-7/h2-3,6H,4-5H2,1H3,(H,12,13). The van der Waals surface area contributed by atoms with Crippen molar-refractivity contribution in [1.82, 2.24) is 0 Å². The van der Waals surface area contributed by atoms with Crippen LogP contribution in [0.25, 0.3) is 0 Å². The van der Waals surface area contributed by atoms with E-state index in [4.69, 9.17) is 9.84 Å². The van der Waals surface area contributed by atoms with Crippen LogP contribution in [0, 0.1) is 5.82 Å². The molecule has 82 valence electrons. The van der Waals surface area contributed by atoms with Gasteiger partial charge in [-0.25, -0.2) is 9.18 Å². The van der Waals surface area contributed by atoms with Crippen molar-refractivity contribution < 1.29 is 19.0 Å². The minimum absolute atomic E-state index is 0.341. The molecule has 0 fully saturated rings. The van der Waals surface area contributed by atoms with Gasteiger partial charge in [-0.2, -0.15) is 11.8 Å². The summed E-state index contributed by atoms with van der Waals surface area (Å²) in [6.07, 6.45) is 1.94. The van der Waals surface area contributed by atoms with Crippen molar-refractivity contribution >= 4 is 17.7 Å². The molecule has 15 heavy (non-hydrogen) atoms. The Morgan fingerprint density at radius 3 is 2.87 bits per heavy atom. The van der Waals surface area contributed by atoms with E-state index in [-0.39, 0.29) is 5.56 Å². The summed E-state index contributed by atoms with van der Waals surface area (Å²) in [4.78, 5) is 10.5. The molecule has 0 aliphatic rings. The quantitative estimate of drug-likeness (QED) is 0.788. The number of aromatic carboxylic acids is 1. The van der Waals surface area contributed by atoms with Gasteiger partial charge in [0.2, 0.25) is 0 Å². The molecule has 5 heteroatoms. The minimum Gasteiger partial charge on any atom is -0.493 e. The first-order chi connectivity index (χ1) is 7.15. The second-order valence-electron chi connectivity index (χ2n) is 2.79. The third-order valence-electron chi connectivity index (χ3n) is 1.73. The predicted octanol–water partition coefficient (Wildman–Crippen LogP) is 2.27. The molecule has 0 spiro atoms. The molecular weight excluding hydrogens is 219 g/mol. The molecule has 1 rings (SSSR count). The Morgan fingerprint density at radius 2 is 2.33 bits per heavy atom. The summed E-state index contributed by atoms with van der Waals surface area (Å²) in [6.45, 7) is 0.479. The molecule has 0 amide bonds. The van der Waals surface area contributed by atoms with Crippen molar-refractivity contribution in [3.05, 3.63) is 29.6 Å². The van der Waals surface area contributed by atoms with Gasteiger partial charge in [0.1, 0.15) is 11.6 Å². The van der Waals surface area contributed by atoms with Crippen LogP contribution in [0.2, 0.25) is 0 Å². The van der Waals surface area contributed by atoms with Crippen LogP contribution in [0.1, 0.15) is 10.4 Å². The van der Waals surface area contributed by atoms with Crippen molar-refractivity contribution in [2.75, 3.05) is 18.6 Å². The smallest absolute Gasteiger partial charge is 0.338 e. The van der Waals surface area contributed by atoms with Crippen LogP contribution >= 0.6 is 11.8 Å². The maximum Gasteiger partial charge on any atom is 0.338 e. The maximum absolute atomic E-state index is 13.1. The number of thioether (sulfide) groups is 1. The molecule has 0 aliphatic heterocycles. The average Bonchev–Trinajstić information content (AvgIpc) is 2.17. The second kappa shape index (κ2) is 5.60. The Hall–Kier alpha value is -1.23. The van der Waals surface area contributed by atoms with Gasteiger partial charge in [-0.15, -0.1) is 0 Å². The average molecular weight is 230 g/mol. The molecule has 0 saturated heterocycles. The van der Waals surface area contributed by atoms with Crippen molar-refractivity contribution in [3.63, 3.8) is 0 Å². The molecule has 1 N–H and O–H groups in total. The van der Waals surface area contributed by atoms with Crippen LogP contribution in [0.4, 0.5) is 4.39 Å². The molecule has 1 aromatic rings. The van der Waals surface area contributed by atoms with Gasteiger partial charge in [0, 0.05) is 11.8 Å². The molecule has 0 aromatic heterocycles. The number of hydrogen-bond donors (Lipinski definition) is 1. The Balaban J connectivity index is 2.69. The highest BCUT2D eigenvalue weighted by Crippen LogP contribution is 2.16. The molecule has 0 atom stereocenters. The molecule has 3 nitrogen and oxygen atoms in total. The number of benzene rings is 1. The summed E-state index contributed by atoms with van der Waals surface area (Å²) in [6, 6.07) is 3.74. The van der Waals surface area contributed by atoms with E-state index in [9.17, 15) is 9.18 Å². The zero-order valence-corrected chi connectivity index (χ0v) is 9.01. The molecule has 0 bridgehead atoms. The summed E-state index contributed by atoms with van der Waals surface area (Å²) in [7, 11) is 0. The third-order valence-corrected chi connectivity index (χ3v) is 2.30. The number of carboxylic acid groups (broad SMARTS) is 1. The Bertz CT molecular complexity index is 355. The molecule has 0 saturated carbocycles. The lowest BCUT2D eigenvalue weighted by Gasteiger charge is -2.05. The van der Waals surface area contributed by atoms with E-state index in [1.54, 1.807) is 11.8 Å². The number of rotatable bonds is 5. The zero-order valence-electron chi connectivity index (χ0n) is 8.20. The van der Waals surface area contributed by atoms with Gasteiger partial charge in [-0.3, -0.25) is 0 Å². The third kappa shape index (κ3) is 3.43. The normalized spacial score (nSPS) is 10.0. The van der Waals surface area contributed by atoms with Crippen LogP contribution < -0.4 is 4.74 Å². The summed E-state index contributed by atoms with van der Waals surface area (Å²) < 4.78 is 18.4. The lowest BCUT2D eigenvalue weighted by molar-refractivity contribution is 0.0692. The van der Waals surface area contributed by atoms with E-state index in [0.29, 0.717) is 12.4 Å². The van der Waals surface area contributed by atoms with Crippen LogP contribution in [0.3, 0.4) is 0 Å². The molecule has 0 radical (unpaired) electrons. The van der Waals surface area contributed by atoms with Crippen LogP contribution in [-0.4, -0.2) is 29.7 Å². The number of ether oxygens (including phenoxy) is 1. The highest BCUT2D eigenvalue weighted by molar-refractivity contribution is 7.98. The summed E-state index contributed by atoms with van der Waals surface area (Å²) in [5, 5.41) is 8.59. The van der Waals surface area contributed by atoms with Gasteiger partial charge in [0.05, 0.1) is 12.2 Å². The first-order valence-electron chi connectivity index (χ1n) is 4.29. The van der Waals surface area contributed by atoms with E-state index in [1.165, 1.54) is 12.1 Å². The summed E-state index contributed by atoms with van der Waals surface area (Å²) in [5.74, 6) is -0.888. The SMILES string of the molecule is CSCCOc1ccc(C(=O)O)c(F)c1. The van der Waals surface area contributed by atoms with Gasteiger partial charge < -0.3 is 9.84 Å². The number of hydrogen-bond acceptors (Lipinski definition) is 3. The predicted molar refractivity (Wildman–Crippen MR) is 57.2 cm³/mol. The highest BCUT2D eigenvalue weighted by Gasteiger charge is 2.10. The van der Waals surface area contributed by atoms with E-state index in [0.717, 1.165) is 11.8 Å². The number of carbonyl (C=O) groups is 1. The minimum atomic E-state index is -1.27. The van der Waals surface area contributed by atoms with Gasteiger partial charge >= 0.3 is 5.97 Å². The topological polar surface area (TPSA) is 46.5 Å². The van der Waals surface area contributed by atoms with Gasteiger partial charge in [-0.05, 0) is 18.4 Å². The first kappa shape index (κ1) is 11.8. The van der Waals surface area contributed by atoms with Gasteiger partial charge in [-0.1, -0.05) is 0 Å². The lowest BCUT2D eigenvalue weighted by atomic mass is 10.2. The number of halogens is 1. The zero-order chi connectivity index (χ0) is 11.3. The molecule has 0 aliphatic carbocycles. The van der Waals surface area contributed by atoms with E-state index < -0.39 is 11.8 Å². The van der Waals surface area contributed by atoms with Crippen LogP contribution in [-0.2, 0) is 0 Å². The Morgan fingerprint density at radius 1 is 1.60 bits per heavy atom. The molecule has 0 unspecified atom stereocenters. The first-order valence-corrected chi connectivity index (χ1v) is 5.69. The van der Waals surface area contributed by atoms with Gasteiger partial charge in [0.15, 0.2) is 0 Å². The van der Waals surface area contributed by atoms with E-state index >= 15 is 0 Å². The monoisotopic (exact) mass is 230 g/mol. The number of carboxylic acids is 1. The molecule has 1 aromatic carbocycles.